The summed E-state index contributed by atoms with van der Waals surface area (Å²) < 4.78 is 0. The van der Waals surface area contributed by atoms with Gasteiger partial charge < -0.3 is 10.6 Å². The molecule has 0 saturated heterocycles. The van der Waals surface area contributed by atoms with Gasteiger partial charge in [0.15, 0.2) is 5.78 Å². The van der Waals surface area contributed by atoms with Crippen molar-refractivity contribution < 1.29 is 9.59 Å². The number of hydrogen-bond donors (Lipinski definition) is 1. The van der Waals surface area contributed by atoms with Gasteiger partial charge in [0.05, 0.1) is 6.04 Å². The van der Waals surface area contributed by atoms with Crippen LogP contribution in [0.1, 0.15) is 46.6 Å². The van der Waals surface area contributed by atoms with Crippen molar-refractivity contribution in [3.8, 4) is 0 Å². The van der Waals surface area contributed by atoms with Crippen LogP contribution in [0.25, 0.3) is 0 Å². The first-order valence-corrected chi connectivity index (χ1v) is 7.88. The van der Waals surface area contributed by atoms with Gasteiger partial charge in [-0.15, -0.1) is 0 Å². The molecule has 1 unspecified atom stereocenters. The predicted octanol–water partition coefficient (Wildman–Crippen LogP) is 3.19. The maximum Gasteiger partial charge on any atom is 0.233 e. The largest absolute Gasteiger partial charge is 0.399 e. The summed E-state index contributed by atoms with van der Waals surface area (Å²) in [7, 11) is 0. The molecule has 2 rings (SSSR count). The van der Waals surface area contributed by atoms with Gasteiger partial charge in [-0.25, -0.2) is 0 Å². The zero-order valence-electron chi connectivity index (χ0n) is 14.1. The number of fused-ring (bicyclic) bond motifs is 1. The molecule has 0 radical (unpaired) electrons. The second-order valence-electron chi connectivity index (χ2n) is 7.42. The van der Waals surface area contributed by atoms with Crippen LogP contribution in [0.15, 0.2) is 18.2 Å². The number of carbonyl (C=O) groups is 2. The van der Waals surface area contributed by atoms with Crippen LogP contribution in [0.4, 0.5) is 11.4 Å². The van der Waals surface area contributed by atoms with Crippen molar-refractivity contribution in [3.05, 3.63) is 23.8 Å². The Bertz CT molecular complexity index is 600. The number of carbonyl (C=O) groups excluding carboxylic acids is 2. The van der Waals surface area contributed by atoms with Crippen LogP contribution >= 0.6 is 0 Å². The van der Waals surface area contributed by atoms with Gasteiger partial charge in [-0.05, 0) is 30.5 Å². The lowest BCUT2D eigenvalue weighted by Crippen LogP contribution is -2.53. The van der Waals surface area contributed by atoms with Gasteiger partial charge in [0.25, 0.3) is 0 Å². The fraction of sp³-hybridized carbons (Fsp3) is 0.556. The number of aryl methyl sites for hydroxylation is 1. The monoisotopic (exact) mass is 302 g/mol. The lowest BCUT2D eigenvalue weighted by molar-refractivity contribution is -0.130. The Morgan fingerprint density at radius 3 is 2.45 bits per heavy atom. The fourth-order valence-corrected chi connectivity index (χ4v) is 2.87. The van der Waals surface area contributed by atoms with Crippen molar-refractivity contribution in [1.82, 2.24) is 0 Å². The SMILES string of the molecule is CC(C)C(=O)C1CCc2ccc(N)cc2N1C(=O)C(C)(C)C. The molecule has 22 heavy (non-hydrogen) atoms. The van der Waals surface area contributed by atoms with E-state index < -0.39 is 5.41 Å². The topological polar surface area (TPSA) is 63.4 Å². The summed E-state index contributed by atoms with van der Waals surface area (Å²) in [6.45, 7) is 9.42. The highest BCUT2D eigenvalue weighted by Gasteiger charge is 2.40. The summed E-state index contributed by atoms with van der Waals surface area (Å²) in [6, 6.07) is 5.24. The minimum atomic E-state index is -0.547. The van der Waals surface area contributed by atoms with Crippen LogP contribution in [-0.4, -0.2) is 17.7 Å². The Kier molecular flexibility index (Phi) is 4.32. The number of benzene rings is 1. The molecule has 2 N–H and O–H groups in total. The summed E-state index contributed by atoms with van der Waals surface area (Å²) in [5.41, 5.74) is 7.86. The summed E-state index contributed by atoms with van der Waals surface area (Å²) >= 11 is 0. The van der Waals surface area contributed by atoms with E-state index >= 15 is 0 Å². The minimum absolute atomic E-state index is 0.0296. The quantitative estimate of drug-likeness (QED) is 0.853. The van der Waals surface area contributed by atoms with Crippen molar-refractivity contribution >= 4 is 23.1 Å². The number of anilines is 2. The maximum absolute atomic E-state index is 13.0. The first-order valence-electron chi connectivity index (χ1n) is 7.88. The molecule has 4 nitrogen and oxygen atoms in total. The molecule has 0 fully saturated rings. The Balaban J connectivity index is 2.55. The minimum Gasteiger partial charge on any atom is -0.399 e. The van der Waals surface area contributed by atoms with E-state index in [0.717, 1.165) is 17.7 Å². The second kappa shape index (κ2) is 5.75. The zero-order chi connectivity index (χ0) is 16.7. The molecule has 0 aromatic heterocycles. The number of rotatable bonds is 2. The highest BCUT2D eigenvalue weighted by atomic mass is 16.2. The molecule has 0 bridgehead atoms. The van der Waals surface area contributed by atoms with Crippen LogP contribution in [0, 0.1) is 11.3 Å². The molecule has 1 aromatic rings. The number of nitrogens with two attached hydrogens (primary N) is 1. The number of amides is 1. The normalized spacial score (nSPS) is 18.3. The molecule has 4 heteroatoms. The van der Waals surface area contributed by atoms with E-state index in [1.165, 1.54) is 0 Å². The smallest absolute Gasteiger partial charge is 0.233 e. The molecular weight excluding hydrogens is 276 g/mol. The number of hydrogen-bond acceptors (Lipinski definition) is 3. The van der Waals surface area contributed by atoms with E-state index in [4.69, 9.17) is 5.73 Å². The molecule has 1 heterocycles. The Morgan fingerprint density at radius 2 is 1.91 bits per heavy atom. The molecule has 120 valence electrons. The molecule has 1 aliphatic heterocycles. The lowest BCUT2D eigenvalue weighted by Gasteiger charge is -2.40. The third kappa shape index (κ3) is 3.01. The molecule has 0 saturated carbocycles. The van der Waals surface area contributed by atoms with Gasteiger partial charge in [-0.3, -0.25) is 9.59 Å². The highest BCUT2D eigenvalue weighted by molar-refractivity contribution is 6.05. The number of nitrogen functional groups attached to an aromatic ring is 1. The molecule has 0 aliphatic carbocycles. The Hall–Kier alpha value is -1.84. The molecular formula is C18H26N2O2. The van der Waals surface area contributed by atoms with Crippen LogP contribution in [-0.2, 0) is 16.0 Å². The van der Waals surface area contributed by atoms with Crippen molar-refractivity contribution in [3.63, 3.8) is 0 Å². The third-order valence-electron chi connectivity index (χ3n) is 4.13. The van der Waals surface area contributed by atoms with E-state index in [9.17, 15) is 9.59 Å². The van der Waals surface area contributed by atoms with Gasteiger partial charge in [-0.1, -0.05) is 40.7 Å². The van der Waals surface area contributed by atoms with Crippen molar-refractivity contribution in [1.29, 1.82) is 0 Å². The molecule has 1 amide bonds. The van der Waals surface area contributed by atoms with E-state index in [2.05, 4.69) is 0 Å². The average Bonchev–Trinajstić information content (AvgIpc) is 2.43. The van der Waals surface area contributed by atoms with Gasteiger partial charge in [0, 0.05) is 22.7 Å². The van der Waals surface area contributed by atoms with E-state index in [-0.39, 0.29) is 23.7 Å². The zero-order valence-corrected chi connectivity index (χ0v) is 14.1. The summed E-state index contributed by atoms with van der Waals surface area (Å²) in [5, 5.41) is 0. The number of Topliss-reactive ketones (excluding diaryl/α,β-unsaturated/α-hetero) is 1. The van der Waals surface area contributed by atoms with Gasteiger partial charge in [0.2, 0.25) is 5.91 Å². The second-order valence-corrected chi connectivity index (χ2v) is 7.42. The van der Waals surface area contributed by atoms with Crippen LogP contribution < -0.4 is 10.6 Å². The fourth-order valence-electron chi connectivity index (χ4n) is 2.87. The molecule has 1 atom stereocenters. The lowest BCUT2D eigenvalue weighted by atomic mass is 9.85. The molecule has 0 spiro atoms. The van der Waals surface area contributed by atoms with Gasteiger partial charge >= 0.3 is 0 Å². The standard InChI is InChI=1S/C18H26N2O2/c1-11(2)16(21)14-9-7-12-6-8-13(19)10-15(12)20(14)17(22)18(3,4)5/h6,8,10-11,14H,7,9,19H2,1-5H3. The van der Waals surface area contributed by atoms with Crippen LogP contribution in [0.2, 0.25) is 0 Å². The van der Waals surface area contributed by atoms with Gasteiger partial charge in [-0.2, -0.15) is 0 Å². The van der Waals surface area contributed by atoms with Crippen LogP contribution in [0.3, 0.4) is 0 Å². The van der Waals surface area contributed by atoms with Crippen LogP contribution in [0.5, 0.6) is 0 Å². The van der Waals surface area contributed by atoms with Crippen molar-refractivity contribution in [2.75, 3.05) is 10.6 Å². The number of ketones is 1. The maximum atomic E-state index is 13.0. The van der Waals surface area contributed by atoms with Crippen molar-refractivity contribution in [2.45, 2.75) is 53.5 Å². The van der Waals surface area contributed by atoms with Gasteiger partial charge in [0.1, 0.15) is 0 Å². The third-order valence-corrected chi connectivity index (χ3v) is 4.13. The van der Waals surface area contributed by atoms with E-state index in [0.29, 0.717) is 12.1 Å². The molecule has 1 aliphatic rings. The van der Waals surface area contributed by atoms with E-state index in [1.54, 1.807) is 4.90 Å². The Labute approximate surface area is 132 Å². The first kappa shape index (κ1) is 16.5. The average molecular weight is 302 g/mol. The van der Waals surface area contributed by atoms with Crippen molar-refractivity contribution in [2.24, 2.45) is 11.3 Å². The number of nitrogens with zero attached hydrogens (tertiary/aromatic N) is 1. The first-order chi connectivity index (χ1) is 10.1. The summed E-state index contributed by atoms with van der Waals surface area (Å²) in [6.07, 6.45) is 1.47. The summed E-state index contributed by atoms with van der Waals surface area (Å²) in [4.78, 5) is 27.3. The Morgan fingerprint density at radius 1 is 1.27 bits per heavy atom. The van der Waals surface area contributed by atoms with E-state index in [1.807, 2.05) is 52.8 Å². The predicted molar refractivity (Wildman–Crippen MR) is 89.7 cm³/mol. The molecule has 1 aromatic carbocycles. The highest BCUT2D eigenvalue weighted by Crippen LogP contribution is 2.36. The summed E-state index contributed by atoms with van der Waals surface area (Å²) in [5.74, 6) is -0.00778.